The average molecular weight is 365 g/mol. The van der Waals surface area contributed by atoms with E-state index >= 15 is 0 Å². The summed E-state index contributed by atoms with van der Waals surface area (Å²) >= 11 is 0. The van der Waals surface area contributed by atoms with Crippen LogP contribution in [0.15, 0.2) is 6.07 Å². The number of hydrogen-bond donors (Lipinski definition) is 3. The van der Waals surface area contributed by atoms with Crippen LogP contribution >= 0.6 is 0 Å². The molecular formula is C23H40O3. The average Bonchev–Trinajstić information content (AvgIpc) is 2.49. The second kappa shape index (κ2) is 9.53. The first kappa shape index (κ1) is 22.7. The molecule has 150 valence electrons. The van der Waals surface area contributed by atoms with Crippen molar-refractivity contribution in [3.63, 3.8) is 0 Å². The van der Waals surface area contributed by atoms with Gasteiger partial charge in [-0.25, -0.2) is 0 Å². The van der Waals surface area contributed by atoms with Crippen molar-refractivity contribution in [1.82, 2.24) is 0 Å². The summed E-state index contributed by atoms with van der Waals surface area (Å²) in [5, 5.41) is 30.8. The Bertz CT molecular complexity index is 562. The molecule has 0 aliphatic heterocycles. The van der Waals surface area contributed by atoms with Gasteiger partial charge in [0.2, 0.25) is 0 Å². The summed E-state index contributed by atoms with van der Waals surface area (Å²) in [6.07, 6.45) is 8.81. The van der Waals surface area contributed by atoms with Gasteiger partial charge in [0.05, 0.1) is 0 Å². The summed E-state index contributed by atoms with van der Waals surface area (Å²) in [7, 11) is 0. The lowest BCUT2D eigenvalue weighted by Crippen LogP contribution is -2.04. The zero-order chi connectivity index (χ0) is 20.0. The normalized spacial score (nSPS) is 12.5. The van der Waals surface area contributed by atoms with Crippen LogP contribution in [0.5, 0.6) is 17.2 Å². The quantitative estimate of drug-likeness (QED) is 0.259. The Morgan fingerprint density at radius 3 is 1.69 bits per heavy atom. The summed E-state index contributed by atoms with van der Waals surface area (Å²) in [6.45, 7) is 13.4. The smallest absolute Gasteiger partial charge is 0.164 e. The van der Waals surface area contributed by atoms with Crippen LogP contribution in [0, 0.1) is 10.8 Å². The lowest BCUT2D eigenvalue weighted by molar-refractivity contribution is 0.355. The second-order valence-corrected chi connectivity index (χ2v) is 10.1. The summed E-state index contributed by atoms with van der Waals surface area (Å²) in [6, 6.07) is 1.52. The summed E-state index contributed by atoms with van der Waals surface area (Å²) in [5.41, 5.74) is 1.91. The van der Waals surface area contributed by atoms with Gasteiger partial charge in [0, 0.05) is 5.56 Å². The van der Waals surface area contributed by atoms with Gasteiger partial charge in [-0.15, -0.1) is 0 Å². The fourth-order valence-corrected chi connectivity index (χ4v) is 3.29. The lowest BCUT2D eigenvalue weighted by Gasteiger charge is -2.18. The Morgan fingerprint density at radius 2 is 1.15 bits per heavy atom. The topological polar surface area (TPSA) is 60.7 Å². The molecule has 0 amide bonds. The Labute approximate surface area is 160 Å². The molecule has 0 unspecified atom stereocenters. The van der Waals surface area contributed by atoms with Crippen LogP contribution in [0.4, 0.5) is 0 Å². The van der Waals surface area contributed by atoms with Crippen LogP contribution in [0.2, 0.25) is 0 Å². The molecule has 0 saturated heterocycles. The minimum absolute atomic E-state index is 0.113. The molecule has 0 saturated carbocycles. The van der Waals surface area contributed by atoms with Crippen molar-refractivity contribution in [2.45, 2.75) is 99.3 Å². The molecule has 0 radical (unpaired) electrons. The van der Waals surface area contributed by atoms with Crippen molar-refractivity contribution >= 4 is 0 Å². The van der Waals surface area contributed by atoms with Gasteiger partial charge in [-0.1, -0.05) is 60.8 Å². The lowest BCUT2D eigenvalue weighted by atomic mass is 9.88. The number of phenols is 3. The predicted molar refractivity (Wildman–Crippen MR) is 110 cm³/mol. The third-order valence-electron chi connectivity index (χ3n) is 4.91. The van der Waals surface area contributed by atoms with E-state index in [-0.39, 0.29) is 17.2 Å². The van der Waals surface area contributed by atoms with Crippen molar-refractivity contribution in [2.24, 2.45) is 10.8 Å². The Morgan fingerprint density at radius 1 is 0.654 bits per heavy atom. The van der Waals surface area contributed by atoms with Crippen molar-refractivity contribution in [3.05, 3.63) is 17.2 Å². The van der Waals surface area contributed by atoms with E-state index in [2.05, 4.69) is 41.5 Å². The highest BCUT2D eigenvalue weighted by molar-refractivity contribution is 5.56. The van der Waals surface area contributed by atoms with Crippen molar-refractivity contribution < 1.29 is 15.3 Å². The third-order valence-corrected chi connectivity index (χ3v) is 4.91. The fourth-order valence-electron chi connectivity index (χ4n) is 3.29. The number of rotatable bonds is 9. The molecule has 0 aromatic heterocycles. The molecule has 0 atom stereocenters. The zero-order valence-electron chi connectivity index (χ0n) is 17.8. The monoisotopic (exact) mass is 364 g/mol. The van der Waals surface area contributed by atoms with Gasteiger partial charge in [-0.3, -0.25) is 0 Å². The van der Waals surface area contributed by atoms with E-state index in [9.17, 15) is 15.3 Å². The van der Waals surface area contributed by atoms with Crippen molar-refractivity contribution in [1.29, 1.82) is 0 Å². The van der Waals surface area contributed by atoms with Gasteiger partial charge < -0.3 is 15.3 Å². The van der Waals surface area contributed by atoms with Crippen LogP contribution in [0.25, 0.3) is 0 Å². The molecule has 1 rings (SSSR count). The third kappa shape index (κ3) is 8.33. The molecule has 0 spiro atoms. The maximum absolute atomic E-state index is 10.6. The first-order valence-electron chi connectivity index (χ1n) is 10.2. The molecular weight excluding hydrogens is 324 g/mol. The minimum atomic E-state index is -0.156. The van der Waals surface area contributed by atoms with Crippen LogP contribution in [0.1, 0.15) is 97.6 Å². The molecule has 0 aliphatic rings. The molecule has 3 N–H and O–H groups in total. The number of phenolic OH excluding ortho intramolecular Hbond substituents is 3. The Kier molecular flexibility index (Phi) is 8.30. The standard InChI is InChI=1S/C23H40O3/c1-22(2,3)14-10-7-8-13-18-20(25)17(16-19(24)21(18)26)12-9-11-15-23(4,5)6/h16,24-26H,7-15H2,1-6H3. The number of unbranched alkanes of at least 4 members (excludes halogenated alkanes) is 3. The number of benzene rings is 1. The van der Waals surface area contributed by atoms with Crippen LogP contribution in [0.3, 0.4) is 0 Å². The largest absolute Gasteiger partial charge is 0.507 e. The number of aryl methyl sites for hydroxylation is 1. The highest BCUT2D eigenvalue weighted by Crippen LogP contribution is 2.40. The molecule has 26 heavy (non-hydrogen) atoms. The van der Waals surface area contributed by atoms with Gasteiger partial charge >= 0.3 is 0 Å². The maximum atomic E-state index is 10.6. The van der Waals surface area contributed by atoms with E-state index in [4.69, 9.17) is 0 Å². The van der Waals surface area contributed by atoms with Gasteiger partial charge in [0.25, 0.3) is 0 Å². The first-order valence-corrected chi connectivity index (χ1v) is 10.2. The molecule has 0 heterocycles. The predicted octanol–water partition coefficient (Wildman–Crippen LogP) is 6.71. The van der Waals surface area contributed by atoms with Gasteiger partial charge in [0.1, 0.15) is 5.75 Å². The second-order valence-electron chi connectivity index (χ2n) is 10.1. The molecule has 1 aromatic carbocycles. The molecule has 3 nitrogen and oxygen atoms in total. The van der Waals surface area contributed by atoms with Gasteiger partial charge in [-0.05, 0) is 61.0 Å². The first-order chi connectivity index (χ1) is 11.9. The van der Waals surface area contributed by atoms with Crippen LogP contribution in [-0.2, 0) is 12.8 Å². The van der Waals surface area contributed by atoms with Crippen molar-refractivity contribution in [3.8, 4) is 17.2 Å². The van der Waals surface area contributed by atoms with Gasteiger partial charge in [0.15, 0.2) is 11.5 Å². The summed E-state index contributed by atoms with van der Waals surface area (Å²) < 4.78 is 0. The van der Waals surface area contributed by atoms with Crippen molar-refractivity contribution in [2.75, 3.05) is 0 Å². The fraction of sp³-hybridized carbons (Fsp3) is 0.739. The Balaban J connectivity index is 2.63. The summed E-state index contributed by atoms with van der Waals surface area (Å²) in [5.74, 6) is -0.0954. The van der Waals surface area contributed by atoms with E-state index in [1.165, 1.54) is 12.5 Å². The molecule has 0 fully saturated rings. The van der Waals surface area contributed by atoms with E-state index in [1.54, 1.807) is 0 Å². The van der Waals surface area contributed by atoms with E-state index in [0.717, 1.165) is 50.5 Å². The van der Waals surface area contributed by atoms with E-state index in [1.807, 2.05) is 0 Å². The van der Waals surface area contributed by atoms with Crippen LogP contribution < -0.4 is 0 Å². The van der Waals surface area contributed by atoms with E-state index in [0.29, 0.717) is 22.8 Å². The summed E-state index contributed by atoms with van der Waals surface area (Å²) in [4.78, 5) is 0. The SMILES string of the molecule is CC(C)(C)CCCCCc1c(O)c(O)cc(CCCCC(C)(C)C)c1O. The number of hydrogen-bond acceptors (Lipinski definition) is 3. The molecule has 1 aromatic rings. The highest BCUT2D eigenvalue weighted by Gasteiger charge is 2.17. The van der Waals surface area contributed by atoms with Crippen LogP contribution in [-0.4, -0.2) is 15.3 Å². The minimum Gasteiger partial charge on any atom is -0.507 e. The molecule has 0 aliphatic carbocycles. The van der Waals surface area contributed by atoms with E-state index < -0.39 is 0 Å². The zero-order valence-corrected chi connectivity index (χ0v) is 17.8. The highest BCUT2D eigenvalue weighted by atomic mass is 16.3. The molecule has 3 heteroatoms. The maximum Gasteiger partial charge on any atom is 0.164 e. The molecule has 0 bridgehead atoms. The van der Waals surface area contributed by atoms with Gasteiger partial charge in [-0.2, -0.15) is 0 Å². The number of aromatic hydroxyl groups is 3. The Hall–Kier alpha value is -1.38.